The van der Waals surface area contributed by atoms with Gasteiger partial charge in [0.25, 0.3) is 5.56 Å². The summed E-state index contributed by atoms with van der Waals surface area (Å²) in [5.41, 5.74) is 1.64. The van der Waals surface area contributed by atoms with Crippen molar-refractivity contribution >= 4 is 5.97 Å². The van der Waals surface area contributed by atoms with Crippen molar-refractivity contribution in [3.8, 4) is 22.8 Å². The number of nitrogens with one attached hydrogen (secondary N) is 1. The van der Waals surface area contributed by atoms with E-state index in [2.05, 4.69) is 4.98 Å². The second kappa shape index (κ2) is 8.03. The third-order valence-electron chi connectivity index (χ3n) is 5.49. The number of fused-ring (bicyclic) bond motifs is 1. The van der Waals surface area contributed by atoms with Crippen LogP contribution in [-0.4, -0.2) is 33.8 Å². The van der Waals surface area contributed by atoms with Crippen LogP contribution in [0.25, 0.3) is 11.3 Å². The molecule has 2 aliphatic heterocycles. The molecule has 1 aliphatic carbocycles. The van der Waals surface area contributed by atoms with Crippen LogP contribution < -0.4 is 15.0 Å². The van der Waals surface area contributed by atoms with Gasteiger partial charge in [0.05, 0.1) is 36.9 Å². The summed E-state index contributed by atoms with van der Waals surface area (Å²) in [5, 5.41) is 9.46. The molecule has 0 saturated heterocycles. The summed E-state index contributed by atoms with van der Waals surface area (Å²) in [6, 6.07) is 8.21. The molecule has 3 aliphatic rings. The molecule has 7 nitrogen and oxygen atoms in total. The number of pyridine rings is 1. The average Bonchev–Trinajstić information content (AvgIpc) is 3.35. The summed E-state index contributed by atoms with van der Waals surface area (Å²) in [5.74, 6) is 0.201. The van der Waals surface area contributed by atoms with Gasteiger partial charge in [-0.3, -0.25) is 9.59 Å². The molecule has 1 aromatic carbocycles. The lowest BCUT2D eigenvalue weighted by atomic mass is 10.0. The molecule has 0 aromatic heterocycles. The molecule has 1 saturated carbocycles. The number of rotatable bonds is 7. The van der Waals surface area contributed by atoms with Gasteiger partial charge in [-0.1, -0.05) is 6.07 Å². The number of carbonyl (C=O) groups is 1. The highest BCUT2D eigenvalue weighted by molar-refractivity contribution is 5.68. The Labute approximate surface area is 168 Å². The fraction of sp³-hybridized carbons (Fsp3) is 0.364. The smallest absolute Gasteiger partial charge is 0.305 e. The molecule has 7 heteroatoms. The lowest BCUT2D eigenvalue weighted by molar-refractivity contribution is -0.137. The molecule has 29 heavy (non-hydrogen) atoms. The summed E-state index contributed by atoms with van der Waals surface area (Å²) in [6.07, 6.45) is 7.74. The summed E-state index contributed by atoms with van der Waals surface area (Å²) >= 11 is 0. The van der Waals surface area contributed by atoms with Gasteiger partial charge >= 0.3 is 5.97 Å². The number of H-pyrrole nitrogens is 1. The Bertz CT molecular complexity index is 1030. The number of aromatic nitrogens is 2. The number of benzene rings is 1. The number of aromatic amines is 1. The molecule has 0 spiro atoms. The minimum atomic E-state index is -0.985. The number of ether oxygens (including phenoxy) is 2. The van der Waals surface area contributed by atoms with Crippen molar-refractivity contribution in [1.82, 2.24) is 9.55 Å². The molecule has 2 heterocycles. The zero-order valence-corrected chi connectivity index (χ0v) is 16.3. The average molecular weight is 396 g/mol. The lowest BCUT2D eigenvalue weighted by Gasteiger charge is -2.20. The van der Waals surface area contributed by atoms with Gasteiger partial charge in [0.15, 0.2) is 11.5 Å². The maximum absolute atomic E-state index is 12.9. The predicted molar refractivity (Wildman–Crippen MR) is 108 cm³/mol. The molecule has 1 unspecified atom stereocenters. The molecular formula is C22H24N2O5. The van der Waals surface area contributed by atoms with Crippen LogP contribution in [0.15, 0.2) is 47.5 Å². The Morgan fingerprint density at radius 3 is 2.76 bits per heavy atom. The Kier molecular flexibility index (Phi) is 5.29. The van der Waals surface area contributed by atoms with E-state index in [4.69, 9.17) is 9.47 Å². The number of carboxylic acid groups (broad SMARTS) is 1. The molecule has 1 aromatic rings. The van der Waals surface area contributed by atoms with Crippen LogP contribution >= 0.6 is 0 Å². The first-order valence-corrected chi connectivity index (χ1v) is 9.81. The van der Waals surface area contributed by atoms with Gasteiger partial charge in [0, 0.05) is 12.4 Å². The maximum atomic E-state index is 12.9. The van der Waals surface area contributed by atoms with E-state index in [0.29, 0.717) is 28.3 Å². The SMILES string of the molecule is COc1cc(C(CC(=O)O)n2cc3[nH]cccc-3c2=O)ccc1OC1CCCC1. The Balaban J connectivity index is 1.73. The van der Waals surface area contributed by atoms with E-state index in [0.717, 1.165) is 25.7 Å². The predicted octanol–water partition coefficient (Wildman–Crippen LogP) is 3.68. The number of methoxy groups -OCH3 is 1. The highest BCUT2D eigenvalue weighted by Gasteiger charge is 2.25. The first-order chi connectivity index (χ1) is 14.1. The van der Waals surface area contributed by atoms with E-state index in [1.165, 1.54) is 4.57 Å². The van der Waals surface area contributed by atoms with E-state index < -0.39 is 12.0 Å². The molecule has 0 amide bonds. The van der Waals surface area contributed by atoms with Gasteiger partial charge in [-0.05, 0) is 55.5 Å². The standard InChI is InChI=1S/C22H24N2O5/c1-28-20-11-14(8-9-19(20)29-15-5-2-3-6-15)18(12-21(25)26)24-13-17-16(22(24)27)7-4-10-23-17/h4,7-11,13,15,18,23H,2-3,5-6,12H2,1H3,(H,25,26). The topological polar surface area (TPSA) is 93.5 Å². The molecule has 0 radical (unpaired) electrons. The molecule has 1 atom stereocenters. The fourth-order valence-electron chi connectivity index (χ4n) is 4.03. The number of hydrogen-bond acceptors (Lipinski definition) is 4. The van der Waals surface area contributed by atoms with E-state index in [-0.39, 0.29) is 18.1 Å². The van der Waals surface area contributed by atoms with Crippen LogP contribution in [0.2, 0.25) is 0 Å². The Hall–Kier alpha value is -3.22. The zero-order valence-electron chi connectivity index (χ0n) is 16.3. The van der Waals surface area contributed by atoms with E-state index in [1.54, 1.807) is 43.8 Å². The van der Waals surface area contributed by atoms with Gasteiger partial charge < -0.3 is 24.1 Å². The van der Waals surface area contributed by atoms with Gasteiger partial charge in [-0.2, -0.15) is 0 Å². The van der Waals surface area contributed by atoms with Gasteiger partial charge in [-0.25, -0.2) is 0 Å². The largest absolute Gasteiger partial charge is 0.493 e. The third kappa shape index (κ3) is 3.85. The zero-order chi connectivity index (χ0) is 20.4. The van der Waals surface area contributed by atoms with Crippen molar-refractivity contribution in [2.24, 2.45) is 0 Å². The second-order valence-corrected chi connectivity index (χ2v) is 7.39. The number of aliphatic carboxylic acids is 1. The van der Waals surface area contributed by atoms with Crippen LogP contribution in [-0.2, 0) is 4.79 Å². The number of hydrogen-bond donors (Lipinski definition) is 2. The highest BCUT2D eigenvalue weighted by Crippen LogP contribution is 2.35. The molecule has 2 N–H and O–H groups in total. The van der Waals surface area contributed by atoms with Gasteiger partial charge in [-0.15, -0.1) is 0 Å². The van der Waals surface area contributed by atoms with E-state index in [1.807, 2.05) is 6.07 Å². The summed E-state index contributed by atoms with van der Waals surface area (Å²) < 4.78 is 13.1. The van der Waals surface area contributed by atoms with Crippen molar-refractivity contribution in [1.29, 1.82) is 0 Å². The molecule has 1 fully saturated rings. The molecule has 152 valence electrons. The van der Waals surface area contributed by atoms with E-state index in [9.17, 15) is 14.7 Å². The summed E-state index contributed by atoms with van der Waals surface area (Å²) in [4.78, 5) is 27.5. The lowest BCUT2D eigenvalue weighted by Crippen LogP contribution is -2.24. The third-order valence-corrected chi connectivity index (χ3v) is 5.49. The molecular weight excluding hydrogens is 372 g/mol. The highest BCUT2D eigenvalue weighted by atomic mass is 16.5. The molecule has 4 rings (SSSR count). The monoisotopic (exact) mass is 396 g/mol. The summed E-state index contributed by atoms with van der Waals surface area (Å²) in [7, 11) is 1.56. The van der Waals surface area contributed by atoms with Gasteiger partial charge in [0.2, 0.25) is 0 Å². The first kappa shape index (κ1) is 19.1. The van der Waals surface area contributed by atoms with Crippen LogP contribution in [0.5, 0.6) is 11.5 Å². The Morgan fingerprint density at radius 1 is 1.28 bits per heavy atom. The van der Waals surface area contributed by atoms with Crippen LogP contribution in [0, 0.1) is 0 Å². The van der Waals surface area contributed by atoms with Crippen molar-refractivity contribution < 1.29 is 19.4 Å². The maximum Gasteiger partial charge on any atom is 0.305 e. The van der Waals surface area contributed by atoms with Crippen molar-refractivity contribution in [2.45, 2.75) is 44.2 Å². The second-order valence-electron chi connectivity index (χ2n) is 7.39. The van der Waals surface area contributed by atoms with Crippen LogP contribution in [0.4, 0.5) is 0 Å². The van der Waals surface area contributed by atoms with Crippen molar-refractivity contribution in [2.75, 3.05) is 7.11 Å². The van der Waals surface area contributed by atoms with Crippen molar-refractivity contribution in [3.63, 3.8) is 0 Å². The van der Waals surface area contributed by atoms with Crippen molar-refractivity contribution in [3.05, 3.63) is 58.6 Å². The summed E-state index contributed by atoms with van der Waals surface area (Å²) in [6.45, 7) is 0. The minimum Gasteiger partial charge on any atom is -0.493 e. The number of carboxylic acids is 1. The fourth-order valence-corrected chi connectivity index (χ4v) is 4.03. The quantitative estimate of drug-likeness (QED) is 0.635. The van der Waals surface area contributed by atoms with Crippen LogP contribution in [0.3, 0.4) is 0 Å². The van der Waals surface area contributed by atoms with Gasteiger partial charge in [0.1, 0.15) is 0 Å². The van der Waals surface area contributed by atoms with E-state index >= 15 is 0 Å². The first-order valence-electron chi connectivity index (χ1n) is 9.81. The van der Waals surface area contributed by atoms with Crippen LogP contribution in [0.1, 0.15) is 43.7 Å². The Morgan fingerprint density at radius 2 is 2.07 bits per heavy atom. The molecule has 0 bridgehead atoms. The normalized spacial score (nSPS) is 15.5. The number of nitrogens with zero attached hydrogens (tertiary/aromatic N) is 1. The minimum absolute atomic E-state index is 0.183.